The summed E-state index contributed by atoms with van der Waals surface area (Å²) in [6.45, 7) is 0. The molecule has 25 heavy (non-hydrogen) atoms. The lowest BCUT2D eigenvalue weighted by Crippen LogP contribution is -2.64. The molecule has 0 aliphatic rings. The molecule has 0 unspecified atom stereocenters. The average molecular weight is 398 g/mol. The number of anilines is 1. The fourth-order valence-electron chi connectivity index (χ4n) is 1.60. The molecule has 0 aromatic heterocycles. The molecule has 141 valence electrons. The van der Waals surface area contributed by atoms with E-state index in [-0.39, 0.29) is 0 Å². The third kappa shape index (κ3) is 3.98. The zero-order chi connectivity index (χ0) is 19.7. The second kappa shape index (κ2) is 6.96. The van der Waals surface area contributed by atoms with Crippen LogP contribution >= 0.6 is 12.6 Å². The molecule has 1 amide bonds. The van der Waals surface area contributed by atoms with Crippen LogP contribution in [-0.2, 0) is 11.2 Å². The summed E-state index contributed by atoms with van der Waals surface area (Å²) in [6.07, 6.45) is -6.58. The van der Waals surface area contributed by atoms with Crippen molar-refractivity contribution in [1.82, 2.24) is 0 Å². The number of nitrogens with one attached hydrogen (secondary N) is 1. The first kappa shape index (κ1) is 21.5. The maximum Gasteiger partial charge on any atom is 0.460 e. The van der Waals surface area contributed by atoms with Crippen LogP contribution in [0.25, 0.3) is 0 Å². The fraction of sp³-hybridized carbons (Fsp3) is 0.462. The minimum atomic E-state index is -7.12. The summed E-state index contributed by atoms with van der Waals surface area (Å²) in [6, 6.07) is 4.52. The standard InChI is InChI=1S/C13H9F9NOS/c14-10(15,11(16,17)12(18,19)13(20,21)22)9(24)23-8-3-1-7(2-4-8)5-6-25/h1-4H,5-6H2,(H,23,24). The maximum atomic E-state index is 13.4. The van der Waals surface area contributed by atoms with Gasteiger partial charge in [0.1, 0.15) is 0 Å². The van der Waals surface area contributed by atoms with Gasteiger partial charge in [-0.05, 0) is 24.1 Å². The van der Waals surface area contributed by atoms with Crippen LogP contribution in [0, 0.1) is 0 Å². The van der Waals surface area contributed by atoms with Crippen molar-refractivity contribution in [1.29, 1.82) is 0 Å². The number of amides is 1. The van der Waals surface area contributed by atoms with Gasteiger partial charge in [-0.15, -0.1) is 0 Å². The summed E-state index contributed by atoms with van der Waals surface area (Å²) in [7, 11) is 0. The van der Waals surface area contributed by atoms with E-state index >= 15 is 0 Å². The first-order valence-corrected chi connectivity index (χ1v) is 6.95. The van der Waals surface area contributed by atoms with Crippen LogP contribution in [-0.4, -0.2) is 35.6 Å². The maximum absolute atomic E-state index is 13.4. The molecule has 1 aromatic rings. The lowest BCUT2D eigenvalue weighted by Gasteiger charge is -2.32. The third-order valence-electron chi connectivity index (χ3n) is 3.03. The van der Waals surface area contributed by atoms with Gasteiger partial charge in [-0.3, -0.25) is 4.79 Å². The molecule has 1 N–H and O–H groups in total. The minimum absolute atomic E-state index is 0.308. The Morgan fingerprint density at radius 2 is 1.36 bits per heavy atom. The van der Waals surface area contributed by atoms with Crippen LogP contribution in [0.4, 0.5) is 45.2 Å². The van der Waals surface area contributed by atoms with Crippen LogP contribution < -0.4 is 5.32 Å². The number of hydrogen-bond donors (Lipinski definition) is 1. The highest BCUT2D eigenvalue weighted by Gasteiger charge is 2.83. The predicted molar refractivity (Wildman–Crippen MR) is 72.1 cm³/mol. The molecule has 0 saturated heterocycles. The van der Waals surface area contributed by atoms with Crippen molar-refractivity contribution in [2.75, 3.05) is 11.1 Å². The molecule has 0 aliphatic carbocycles. The second-order valence-corrected chi connectivity index (χ2v) is 5.23. The summed E-state index contributed by atoms with van der Waals surface area (Å²) in [5.74, 6) is -23.1. The van der Waals surface area contributed by atoms with Gasteiger partial charge in [0.2, 0.25) is 0 Å². The number of rotatable bonds is 6. The van der Waals surface area contributed by atoms with E-state index < -0.39 is 35.5 Å². The van der Waals surface area contributed by atoms with Gasteiger partial charge in [-0.1, -0.05) is 24.8 Å². The van der Waals surface area contributed by atoms with E-state index in [1.165, 1.54) is 17.4 Å². The van der Waals surface area contributed by atoms with Gasteiger partial charge in [0.05, 0.1) is 0 Å². The largest absolute Gasteiger partial charge is 0.460 e. The van der Waals surface area contributed by atoms with Gasteiger partial charge in [0, 0.05) is 11.4 Å². The minimum Gasteiger partial charge on any atom is -0.321 e. The number of halogens is 9. The van der Waals surface area contributed by atoms with Crippen LogP contribution in [0.3, 0.4) is 0 Å². The number of aryl methyl sites for hydroxylation is 1. The highest BCUT2D eigenvalue weighted by atomic mass is 32.1. The van der Waals surface area contributed by atoms with E-state index in [2.05, 4.69) is 12.6 Å². The highest BCUT2D eigenvalue weighted by molar-refractivity contribution is 7.80. The summed E-state index contributed by atoms with van der Waals surface area (Å²) in [4.78, 5) is 11.2. The van der Waals surface area contributed by atoms with E-state index in [4.69, 9.17) is 0 Å². The van der Waals surface area contributed by atoms with Crippen LogP contribution in [0.2, 0.25) is 0 Å². The molecule has 0 aliphatic heterocycles. The number of carbonyl (C=O) groups is 1. The fourth-order valence-corrected chi connectivity index (χ4v) is 1.84. The van der Waals surface area contributed by atoms with Crippen molar-refractivity contribution in [3.05, 3.63) is 29.8 Å². The van der Waals surface area contributed by atoms with E-state index in [1.54, 1.807) is 0 Å². The van der Waals surface area contributed by atoms with Crippen molar-refractivity contribution in [2.45, 2.75) is 30.4 Å². The van der Waals surface area contributed by atoms with E-state index in [9.17, 15) is 44.3 Å². The number of alkyl halides is 9. The molecule has 0 fully saturated rings. The lowest BCUT2D eigenvalue weighted by molar-refractivity contribution is -0.388. The quantitative estimate of drug-likeness (QED) is 0.684. The van der Waals surface area contributed by atoms with Crippen molar-refractivity contribution >= 4 is 24.2 Å². The topological polar surface area (TPSA) is 29.1 Å². The normalized spacial score (nSPS) is 13.7. The van der Waals surface area contributed by atoms with Crippen molar-refractivity contribution in [2.24, 2.45) is 0 Å². The molecule has 12 heteroatoms. The summed E-state index contributed by atoms with van der Waals surface area (Å²) in [5.41, 5.74) is 0.109. The molecule has 0 spiro atoms. The Morgan fingerprint density at radius 1 is 0.880 bits per heavy atom. The van der Waals surface area contributed by atoms with Crippen molar-refractivity contribution < 1.29 is 44.3 Å². The Bertz CT molecular complexity index is 613. The van der Waals surface area contributed by atoms with Gasteiger partial charge in [-0.25, -0.2) is 0 Å². The molecule has 0 heterocycles. The average Bonchev–Trinajstić information content (AvgIpc) is 2.47. The number of carbonyl (C=O) groups excluding carboxylic acids is 1. The van der Waals surface area contributed by atoms with Gasteiger partial charge in [0.25, 0.3) is 0 Å². The van der Waals surface area contributed by atoms with E-state index in [0.29, 0.717) is 17.7 Å². The molecular weight excluding hydrogens is 389 g/mol. The van der Waals surface area contributed by atoms with Gasteiger partial charge in [0.15, 0.2) is 0 Å². The smallest absolute Gasteiger partial charge is 0.321 e. The Balaban J connectivity index is 3.05. The van der Waals surface area contributed by atoms with Gasteiger partial charge >= 0.3 is 29.9 Å². The second-order valence-electron chi connectivity index (χ2n) is 4.83. The molecule has 2 nitrogen and oxygen atoms in total. The Morgan fingerprint density at radius 3 is 1.76 bits per heavy atom. The van der Waals surface area contributed by atoms with E-state index in [1.807, 2.05) is 0 Å². The van der Waals surface area contributed by atoms with Crippen LogP contribution in [0.5, 0.6) is 0 Å². The zero-order valence-corrected chi connectivity index (χ0v) is 12.8. The molecule has 0 atom stereocenters. The molecule has 0 saturated carbocycles. The molecular formula is C13H9F9NOS. The molecule has 1 aromatic carbocycles. The predicted octanol–water partition coefficient (Wildman–Crippen LogP) is 4.83. The molecule has 1 rings (SSSR count). The van der Waals surface area contributed by atoms with E-state index in [0.717, 1.165) is 12.1 Å². The van der Waals surface area contributed by atoms with Crippen LogP contribution in [0.15, 0.2) is 24.3 Å². The number of hydrogen-bond acceptors (Lipinski definition) is 1. The van der Waals surface area contributed by atoms with Crippen molar-refractivity contribution in [3.63, 3.8) is 0 Å². The van der Waals surface area contributed by atoms with Crippen molar-refractivity contribution in [3.8, 4) is 0 Å². The Kier molecular flexibility index (Phi) is 5.97. The summed E-state index contributed by atoms with van der Waals surface area (Å²) < 4.78 is 114. The molecule has 1 radical (unpaired) electrons. The number of benzene rings is 1. The first-order valence-electron chi connectivity index (χ1n) is 6.37. The zero-order valence-electron chi connectivity index (χ0n) is 11.9. The first-order chi connectivity index (χ1) is 11.2. The summed E-state index contributed by atoms with van der Waals surface area (Å²) in [5, 5.41) is 1.19. The highest BCUT2D eigenvalue weighted by Crippen LogP contribution is 2.53. The monoisotopic (exact) mass is 398 g/mol. The Hall–Kier alpha value is -1.59. The lowest BCUT2D eigenvalue weighted by atomic mass is 10.0. The Labute approximate surface area is 140 Å². The summed E-state index contributed by atoms with van der Waals surface area (Å²) >= 11 is 4.68. The third-order valence-corrected chi connectivity index (χ3v) is 3.24. The van der Waals surface area contributed by atoms with Gasteiger partial charge < -0.3 is 5.32 Å². The van der Waals surface area contributed by atoms with Crippen LogP contribution in [0.1, 0.15) is 5.56 Å². The SMILES string of the molecule is O=C(Nc1ccc(CC[S])cc1)C(F)(F)C(F)(F)C(F)(F)C(F)(F)F. The molecule has 0 bridgehead atoms. The van der Waals surface area contributed by atoms with Gasteiger partial charge in [-0.2, -0.15) is 39.5 Å².